The van der Waals surface area contributed by atoms with Gasteiger partial charge in [0.1, 0.15) is 0 Å². The van der Waals surface area contributed by atoms with Crippen molar-refractivity contribution in [1.82, 2.24) is 5.32 Å². The number of nitrogens with zero attached hydrogens (tertiary/aromatic N) is 2. The van der Waals surface area contributed by atoms with Crippen LogP contribution in [0.3, 0.4) is 0 Å². The second kappa shape index (κ2) is 8.02. The summed E-state index contributed by atoms with van der Waals surface area (Å²) in [6, 6.07) is 18.4. The molecular weight excluding hydrogens is 358 g/mol. The van der Waals surface area contributed by atoms with Crippen molar-refractivity contribution in [3.63, 3.8) is 0 Å². The fraction of sp³-hybridized carbons (Fsp3) is 0.190. The summed E-state index contributed by atoms with van der Waals surface area (Å²) in [7, 11) is 0. The summed E-state index contributed by atoms with van der Waals surface area (Å²) in [4.78, 5) is 14.6. The highest BCUT2D eigenvalue weighted by molar-refractivity contribution is 7.80. The molecule has 0 unspecified atom stereocenters. The normalized spacial score (nSPS) is 16.6. The van der Waals surface area contributed by atoms with Crippen molar-refractivity contribution in [1.29, 1.82) is 5.26 Å². The van der Waals surface area contributed by atoms with Crippen molar-refractivity contribution < 1.29 is 9.53 Å². The molecule has 0 saturated heterocycles. The Morgan fingerprint density at radius 1 is 1.22 bits per heavy atom. The minimum atomic E-state index is -0.441. The van der Waals surface area contributed by atoms with E-state index in [1.54, 1.807) is 19.1 Å². The predicted molar refractivity (Wildman–Crippen MR) is 108 cm³/mol. The van der Waals surface area contributed by atoms with Crippen LogP contribution in [-0.4, -0.2) is 17.7 Å². The monoisotopic (exact) mass is 377 g/mol. The average Bonchev–Trinajstić information content (AvgIpc) is 2.68. The van der Waals surface area contributed by atoms with Crippen LogP contribution >= 0.6 is 12.2 Å². The molecule has 0 bridgehead atoms. The Labute approximate surface area is 163 Å². The van der Waals surface area contributed by atoms with Crippen LogP contribution < -0.4 is 10.2 Å². The van der Waals surface area contributed by atoms with Crippen LogP contribution in [-0.2, 0) is 9.53 Å². The highest BCUT2D eigenvalue weighted by Crippen LogP contribution is 2.34. The molecule has 0 radical (unpaired) electrons. The maximum absolute atomic E-state index is 12.8. The van der Waals surface area contributed by atoms with Crippen LogP contribution in [0.15, 0.2) is 65.9 Å². The van der Waals surface area contributed by atoms with Crippen molar-refractivity contribution >= 4 is 29.0 Å². The number of hydrogen-bond donors (Lipinski definition) is 1. The maximum Gasteiger partial charge on any atom is 0.338 e. The third-order valence-electron chi connectivity index (χ3n) is 4.37. The van der Waals surface area contributed by atoms with E-state index in [2.05, 4.69) is 11.4 Å². The molecule has 1 aliphatic rings. The lowest BCUT2D eigenvalue weighted by molar-refractivity contribution is -0.139. The van der Waals surface area contributed by atoms with Gasteiger partial charge >= 0.3 is 5.97 Å². The number of ether oxygens (including phenoxy) is 1. The molecule has 1 N–H and O–H groups in total. The number of allylic oxidation sites excluding steroid dienone is 1. The van der Waals surface area contributed by atoms with Crippen LogP contribution in [0.4, 0.5) is 5.69 Å². The lowest BCUT2D eigenvalue weighted by Crippen LogP contribution is -2.48. The molecule has 0 amide bonds. The summed E-state index contributed by atoms with van der Waals surface area (Å²) in [6.07, 6.45) is 0. The molecule has 1 heterocycles. The molecule has 3 rings (SSSR count). The number of hydrogen-bond acceptors (Lipinski definition) is 4. The number of nitriles is 1. The SMILES string of the molecule is CCOC(=O)C1=C(C)N(c2ccccc2)C(=S)N[C@@H]1c1ccc(C#N)cc1. The van der Waals surface area contributed by atoms with Crippen LogP contribution in [0.2, 0.25) is 0 Å². The molecule has 2 aromatic rings. The minimum absolute atomic E-state index is 0.283. The second-order valence-electron chi connectivity index (χ2n) is 6.01. The fourth-order valence-electron chi connectivity index (χ4n) is 3.10. The number of anilines is 1. The minimum Gasteiger partial charge on any atom is -0.463 e. The van der Waals surface area contributed by atoms with E-state index in [4.69, 9.17) is 22.2 Å². The zero-order valence-corrected chi connectivity index (χ0v) is 15.9. The molecule has 1 aliphatic heterocycles. The Morgan fingerprint density at radius 2 is 1.89 bits per heavy atom. The van der Waals surface area contributed by atoms with Gasteiger partial charge in [-0.3, -0.25) is 4.90 Å². The van der Waals surface area contributed by atoms with E-state index < -0.39 is 6.04 Å². The molecular formula is C21H19N3O2S. The van der Waals surface area contributed by atoms with Crippen LogP contribution in [0.25, 0.3) is 0 Å². The standard InChI is InChI=1S/C21H19N3O2S/c1-3-26-20(25)18-14(2)24(17-7-5-4-6-8-17)21(27)23-19(18)16-11-9-15(13-22)10-12-16/h4-12,19H,3H2,1-2H3,(H,23,27)/t19-/m1/s1. The molecule has 6 heteroatoms. The first kappa shape index (κ1) is 18.6. The molecule has 0 aromatic heterocycles. The van der Waals surface area contributed by atoms with Gasteiger partial charge in [-0.05, 0) is 55.9 Å². The third kappa shape index (κ3) is 3.69. The van der Waals surface area contributed by atoms with Gasteiger partial charge in [-0.2, -0.15) is 5.26 Å². The van der Waals surface area contributed by atoms with E-state index in [0.29, 0.717) is 16.2 Å². The number of para-hydroxylation sites is 1. The first-order valence-electron chi connectivity index (χ1n) is 8.60. The van der Waals surface area contributed by atoms with Gasteiger partial charge in [-0.25, -0.2) is 4.79 Å². The van der Waals surface area contributed by atoms with Gasteiger partial charge in [0.05, 0.1) is 29.9 Å². The van der Waals surface area contributed by atoms with Gasteiger partial charge in [-0.1, -0.05) is 30.3 Å². The maximum atomic E-state index is 12.8. The predicted octanol–water partition coefficient (Wildman–Crippen LogP) is 3.83. The van der Waals surface area contributed by atoms with Crippen molar-refractivity contribution in [2.45, 2.75) is 19.9 Å². The first-order chi connectivity index (χ1) is 13.1. The number of nitrogens with one attached hydrogen (secondary N) is 1. The van der Waals surface area contributed by atoms with Crippen LogP contribution in [0.5, 0.6) is 0 Å². The van der Waals surface area contributed by atoms with Gasteiger partial charge in [-0.15, -0.1) is 0 Å². The van der Waals surface area contributed by atoms with Crippen molar-refractivity contribution in [2.24, 2.45) is 0 Å². The van der Waals surface area contributed by atoms with Crippen molar-refractivity contribution in [3.8, 4) is 6.07 Å². The number of thiocarbonyl (C=S) groups is 1. The first-order valence-corrected chi connectivity index (χ1v) is 9.01. The molecule has 2 aromatic carbocycles. The van der Waals surface area contributed by atoms with Crippen molar-refractivity contribution in [2.75, 3.05) is 11.5 Å². The Bertz CT molecular complexity index is 930. The summed E-state index contributed by atoms with van der Waals surface area (Å²) in [6.45, 7) is 3.93. The van der Waals surface area contributed by atoms with E-state index in [0.717, 1.165) is 16.9 Å². The van der Waals surface area contributed by atoms with E-state index in [1.165, 1.54) is 0 Å². The number of esters is 1. The largest absolute Gasteiger partial charge is 0.463 e. The Balaban J connectivity index is 2.11. The summed E-state index contributed by atoms with van der Waals surface area (Å²) >= 11 is 5.59. The quantitative estimate of drug-likeness (QED) is 0.645. The molecule has 27 heavy (non-hydrogen) atoms. The van der Waals surface area contributed by atoms with Gasteiger partial charge in [0.15, 0.2) is 5.11 Å². The zero-order valence-electron chi connectivity index (χ0n) is 15.1. The van der Waals surface area contributed by atoms with Gasteiger partial charge in [0, 0.05) is 11.4 Å². The summed E-state index contributed by atoms with van der Waals surface area (Å²) in [5, 5.41) is 12.8. The highest BCUT2D eigenvalue weighted by Gasteiger charge is 2.35. The number of rotatable bonds is 4. The number of carbonyl (C=O) groups is 1. The zero-order chi connectivity index (χ0) is 19.4. The Morgan fingerprint density at radius 3 is 2.48 bits per heavy atom. The van der Waals surface area contributed by atoms with Crippen LogP contribution in [0.1, 0.15) is 31.0 Å². The molecule has 136 valence electrons. The molecule has 1 atom stereocenters. The smallest absolute Gasteiger partial charge is 0.338 e. The summed E-state index contributed by atoms with van der Waals surface area (Å²) in [5.74, 6) is -0.389. The molecule has 0 fully saturated rings. The van der Waals surface area contributed by atoms with Gasteiger partial charge in [0.25, 0.3) is 0 Å². The van der Waals surface area contributed by atoms with E-state index in [1.807, 2.05) is 54.3 Å². The summed E-state index contributed by atoms with van der Waals surface area (Å²) < 4.78 is 5.31. The lowest BCUT2D eigenvalue weighted by Gasteiger charge is -2.37. The van der Waals surface area contributed by atoms with Gasteiger partial charge < -0.3 is 10.1 Å². The van der Waals surface area contributed by atoms with Gasteiger partial charge in [0.2, 0.25) is 0 Å². The third-order valence-corrected chi connectivity index (χ3v) is 4.67. The topological polar surface area (TPSA) is 65.4 Å². The fourth-order valence-corrected chi connectivity index (χ4v) is 3.46. The Hall–Kier alpha value is -3.17. The molecule has 5 nitrogen and oxygen atoms in total. The summed E-state index contributed by atoms with van der Waals surface area (Å²) in [5.41, 5.74) is 3.48. The highest BCUT2D eigenvalue weighted by atomic mass is 32.1. The number of carbonyl (C=O) groups excluding carboxylic acids is 1. The Kier molecular flexibility index (Phi) is 5.53. The number of benzene rings is 2. The second-order valence-corrected chi connectivity index (χ2v) is 6.39. The van der Waals surface area contributed by atoms with Crippen LogP contribution in [0, 0.1) is 11.3 Å². The van der Waals surface area contributed by atoms with E-state index in [9.17, 15) is 4.79 Å². The lowest BCUT2D eigenvalue weighted by atomic mass is 9.94. The van der Waals surface area contributed by atoms with E-state index >= 15 is 0 Å². The molecule has 0 saturated carbocycles. The molecule has 0 spiro atoms. The molecule has 0 aliphatic carbocycles. The van der Waals surface area contributed by atoms with Crippen molar-refractivity contribution in [3.05, 3.63) is 77.0 Å². The van der Waals surface area contributed by atoms with E-state index in [-0.39, 0.29) is 12.6 Å². The average molecular weight is 377 g/mol.